The summed E-state index contributed by atoms with van der Waals surface area (Å²) in [4.78, 5) is 0.000268. The summed E-state index contributed by atoms with van der Waals surface area (Å²) in [7, 11) is -3.93. The van der Waals surface area contributed by atoms with Crippen LogP contribution in [0, 0.1) is 25.6 Å². The van der Waals surface area contributed by atoms with E-state index < -0.39 is 21.9 Å². The van der Waals surface area contributed by atoms with Crippen molar-refractivity contribution in [3.63, 3.8) is 0 Å². The molecular formula is C13H20FN3O3S. The molecule has 6 nitrogen and oxygen atoms in total. The van der Waals surface area contributed by atoms with Gasteiger partial charge in [-0.2, -0.15) is 0 Å². The van der Waals surface area contributed by atoms with Crippen molar-refractivity contribution in [3.8, 4) is 0 Å². The van der Waals surface area contributed by atoms with Gasteiger partial charge >= 0.3 is 0 Å². The van der Waals surface area contributed by atoms with Gasteiger partial charge < -0.3 is 10.9 Å². The fourth-order valence-electron chi connectivity index (χ4n) is 2.15. The number of hydrogen-bond acceptors (Lipinski definition) is 4. The summed E-state index contributed by atoms with van der Waals surface area (Å²) in [5.41, 5.74) is 6.10. The molecule has 0 aliphatic rings. The molecule has 1 unspecified atom stereocenters. The van der Waals surface area contributed by atoms with Gasteiger partial charge in [0.1, 0.15) is 5.82 Å². The molecule has 1 aromatic carbocycles. The highest BCUT2D eigenvalue weighted by atomic mass is 32.2. The van der Waals surface area contributed by atoms with Crippen molar-refractivity contribution >= 4 is 15.9 Å². The molecule has 0 heterocycles. The summed E-state index contributed by atoms with van der Waals surface area (Å²) in [6, 6.07) is 1.44. The van der Waals surface area contributed by atoms with E-state index >= 15 is 0 Å². The number of rotatable bonds is 5. The maximum atomic E-state index is 13.3. The molecule has 0 saturated carbocycles. The first-order valence-electron chi connectivity index (χ1n) is 6.36. The lowest BCUT2D eigenvalue weighted by atomic mass is 10.1. The zero-order valence-corrected chi connectivity index (χ0v) is 13.2. The first kappa shape index (κ1) is 17.4. The van der Waals surface area contributed by atoms with Crippen LogP contribution < -0.4 is 10.5 Å². The molecule has 1 atom stereocenters. The number of sulfonamides is 1. The summed E-state index contributed by atoms with van der Waals surface area (Å²) >= 11 is 0. The maximum Gasteiger partial charge on any atom is 0.241 e. The Morgan fingerprint density at radius 2 is 1.81 bits per heavy atom. The van der Waals surface area contributed by atoms with E-state index in [9.17, 15) is 12.8 Å². The lowest BCUT2D eigenvalue weighted by Gasteiger charge is -2.22. The van der Waals surface area contributed by atoms with Gasteiger partial charge in [0, 0.05) is 0 Å². The van der Waals surface area contributed by atoms with Gasteiger partial charge in [-0.05, 0) is 43.0 Å². The molecule has 0 fully saturated rings. The molecule has 0 aliphatic heterocycles. The monoisotopic (exact) mass is 317 g/mol. The van der Waals surface area contributed by atoms with Gasteiger partial charge in [-0.3, -0.25) is 0 Å². The third-order valence-corrected chi connectivity index (χ3v) is 4.82. The number of nitrogens with two attached hydrogens (primary N) is 1. The van der Waals surface area contributed by atoms with Crippen molar-refractivity contribution in [2.24, 2.45) is 16.8 Å². The summed E-state index contributed by atoms with van der Waals surface area (Å²) in [6.07, 6.45) is 0. The van der Waals surface area contributed by atoms with Crippen molar-refractivity contribution < 1.29 is 18.0 Å². The van der Waals surface area contributed by atoms with E-state index in [1.54, 1.807) is 13.8 Å². The van der Waals surface area contributed by atoms with Crippen LogP contribution in [0.15, 0.2) is 22.2 Å². The summed E-state index contributed by atoms with van der Waals surface area (Å²) < 4.78 is 40.7. The standard InChI is InChI=1S/C13H20FN3O3S/c1-7(2)11(13(15)16-18)17-21(19,20)12-8(3)5-10(14)6-9(12)4/h5-7,11,17-18H,1-4H3,(H2,15,16). The molecule has 0 aliphatic carbocycles. The molecule has 4 N–H and O–H groups in total. The number of oxime groups is 1. The Morgan fingerprint density at radius 3 is 2.19 bits per heavy atom. The van der Waals surface area contributed by atoms with Crippen molar-refractivity contribution in [3.05, 3.63) is 29.1 Å². The van der Waals surface area contributed by atoms with Gasteiger partial charge in [-0.1, -0.05) is 19.0 Å². The Balaban J connectivity index is 3.30. The highest BCUT2D eigenvalue weighted by Gasteiger charge is 2.28. The van der Waals surface area contributed by atoms with Gasteiger partial charge in [0.15, 0.2) is 5.84 Å². The quantitative estimate of drug-likeness (QED) is 0.331. The van der Waals surface area contributed by atoms with Crippen molar-refractivity contribution in [2.45, 2.75) is 38.6 Å². The number of nitrogens with one attached hydrogen (secondary N) is 1. The predicted octanol–water partition coefficient (Wildman–Crippen LogP) is 1.49. The lowest BCUT2D eigenvalue weighted by Crippen LogP contribution is -2.48. The van der Waals surface area contributed by atoms with Crippen molar-refractivity contribution in [1.29, 1.82) is 0 Å². The smallest absolute Gasteiger partial charge is 0.241 e. The molecule has 0 amide bonds. The van der Waals surface area contributed by atoms with Crippen LogP contribution in [0.5, 0.6) is 0 Å². The van der Waals surface area contributed by atoms with E-state index in [0.717, 1.165) is 12.1 Å². The van der Waals surface area contributed by atoms with Gasteiger partial charge in [-0.15, -0.1) is 0 Å². The Morgan fingerprint density at radius 1 is 1.33 bits per heavy atom. The second-order valence-corrected chi connectivity index (χ2v) is 6.89. The Labute approximate surface area is 123 Å². The van der Waals surface area contributed by atoms with Crippen LogP contribution in [0.3, 0.4) is 0 Å². The first-order valence-corrected chi connectivity index (χ1v) is 7.85. The summed E-state index contributed by atoms with van der Waals surface area (Å²) in [6.45, 7) is 6.49. The molecule has 21 heavy (non-hydrogen) atoms. The fourth-order valence-corrected chi connectivity index (χ4v) is 3.96. The first-order chi connectivity index (χ1) is 9.60. The normalized spacial score (nSPS) is 14.5. The Kier molecular flexibility index (Phi) is 5.30. The number of nitrogens with zero attached hydrogens (tertiary/aromatic N) is 1. The molecule has 0 saturated heterocycles. The number of benzene rings is 1. The van der Waals surface area contributed by atoms with E-state index in [-0.39, 0.29) is 16.6 Å². The SMILES string of the molecule is Cc1cc(F)cc(C)c1S(=O)(=O)NC(C(N)=NO)C(C)C. The topological polar surface area (TPSA) is 105 Å². The minimum absolute atomic E-state index is 0.000268. The molecule has 118 valence electrons. The van der Waals surface area contributed by atoms with Crippen LogP contribution in [0.2, 0.25) is 0 Å². The van der Waals surface area contributed by atoms with E-state index in [1.807, 2.05) is 0 Å². The van der Waals surface area contributed by atoms with Gasteiger partial charge in [-0.25, -0.2) is 17.5 Å². The lowest BCUT2D eigenvalue weighted by molar-refractivity contribution is 0.313. The third-order valence-electron chi connectivity index (χ3n) is 3.08. The van der Waals surface area contributed by atoms with E-state index in [0.29, 0.717) is 11.1 Å². The third kappa shape index (κ3) is 3.92. The van der Waals surface area contributed by atoms with Crippen molar-refractivity contribution in [2.75, 3.05) is 0 Å². The number of amidine groups is 1. The average molecular weight is 317 g/mol. The fraction of sp³-hybridized carbons (Fsp3) is 0.462. The highest BCUT2D eigenvalue weighted by molar-refractivity contribution is 7.89. The molecular weight excluding hydrogens is 297 g/mol. The maximum absolute atomic E-state index is 13.3. The zero-order chi connectivity index (χ0) is 16.4. The van der Waals surface area contributed by atoms with Crippen LogP contribution in [0.1, 0.15) is 25.0 Å². The van der Waals surface area contributed by atoms with Crippen LogP contribution in [-0.2, 0) is 10.0 Å². The molecule has 0 spiro atoms. The second kappa shape index (κ2) is 6.40. The van der Waals surface area contributed by atoms with Gasteiger partial charge in [0.2, 0.25) is 10.0 Å². The largest absolute Gasteiger partial charge is 0.409 e. The minimum Gasteiger partial charge on any atom is -0.409 e. The van der Waals surface area contributed by atoms with Crippen molar-refractivity contribution in [1.82, 2.24) is 4.72 Å². The zero-order valence-electron chi connectivity index (χ0n) is 12.4. The molecule has 0 radical (unpaired) electrons. The predicted molar refractivity (Wildman–Crippen MR) is 78.2 cm³/mol. The van der Waals surface area contributed by atoms with Gasteiger partial charge in [0.05, 0.1) is 10.9 Å². The second-order valence-electron chi connectivity index (χ2n) is 5.24. The molecule has 0 bridgehead atoms. The van der Waals surface area contributed by atoms with Gasteiger partial charge in [0.25, 0.3) is 0 Å². The highest BCUT2D eigenvalue weighted by Crippen LogP contribution is 2.22. The van der Waals surface area contributed by atoms with Crippen LogP contribution in [0.4, 0.5) is 4.39 Å². The van der Waals surface area contributed by atoms with Crippen LogP contribution in [-0.4, -0.2) is 25.5 Å². The number of hydrogen-bond donors (Lipinski definition) is 3. The molecule has 1 aromatic rings. The Hall–Kier alpha value is -1.67. The summed E-state index contributed by atoms with van der Waals surface area (Å²) in [5.74, 6) is -0.955. The van der Waals surface area contributed by atoms with Crippen LogP contribution >= 0.6 is 0 Å². The summed E-state index contributed by atoms with van der Waals surface area (Å²) in [5, 5.41) is 11.6. The van der Waals surface area contributed by atoms with E-state index in [4.69, 9.17) is 10.9 Å². The number of halogens is 1. The minimum atomic E-state index is -3.93. The Bertz CT molecular complexity index is 634. The molecule has 0 aromatic heterocycles. The molecule has 8 heteroatoms. The van der Waals surface area contributed by atoms with E-state index in [1.165, 1.54) is 13.8 Å². The molecule has 1 rings (SSSR count). The average Bonchev–Trinajstić information content (AvgIpc) is 2.33. The van der Waals surface area contributed by atoms with E-state index in [2.05, 4.69) is 9.88 Å². The van der Waals surface area contributed by atoms with Crippen LogP contribution in [0.25, 0.3) is 0 Å². The number of aryl methyl sites for hydroxylation is 2.